The number of carbonyl (C=O) groups is 3. The SMILES string of the molecule is C=CC(=O)OC(C)CCOC(=O)CCC(=O)O. The zero-order valence-corrected chi connectivity index (χ0v) is 9.68. The van der Waals surface area contributed by atoms with Crippen molar-refractivity contribution in [3.8, 4) is 0 Å². The minimum Gasteiger partial charge on any atom is -0.481 e. The van der Waals surface area contributed by atoms with Crippen molar-refractivity contribution < 1.29 is 29.0 Å². The molecular weight excluding hydrogens is 228 g/mol. The highest BCUT2D eigenvalue weighted by Gasteiger charge is 2.09. The van der Waals surface area contributed by atoms with Crippen LogP contribution in [0.1, 0.15) is 26.2 Å². The predicted molar refractivity (Wildman–Crippen MR) is 58.2 cm³/mol. The van der Waals surface area contributed by atoms with E-state index in [1.807, 2.05) is 0 Å². The van der Waals surface area contributed by atoms with Gasteiger partial charge in [0.1, 0.15) is 6.10 Å². The zero-order valence-electron chi connectivity index (χ0n) is 9.68. The Morgan fingerprint density at radius 3 is 2.53 bits per heavy atom. The molecule has 1 N–H and O–H groups in total. The van der Waals surface area contributed by atoms with Crippen LogP contribution in [-0.2, 0) is 23.9 Å². The number of hydrogen-bond donors (Lipinski definition) is 1. The van der Waals surface area contributed by atoms with Crippen molar-refractivity contribution in [2.24, 2.45) is 0 Å². The Labute approximate surface area is 99.2 Å². The number of carboxylic acid groups (broad SMARTS) is 1. The van der Waals surface area contributed by atoms with Crippen molar-refractivity contribution in [1.82, 2.24) is 0 Å². The van der Waals surface area contributed by atoms with E-state index in [0.29, 0.717) is 6.42 Å². The molecule has 0 saturated carbocycles. The summed E-state index contributed by atoms with van der Waals surface area (Å²) in [4.78, 5) is 31.9. The molecule has 6 nitrogen and oxygen atoms in total. The topological polar surface area (TPSA) is 89.9 Å². The summed E-state index contributed by atoms with van der Waals surface area (Å²) in [5.74, 6) is -2.15. The molecule has 0 spiro atoms. The van der Waals surface area contributed by atoms with Crippen molar-refractivity contribution >= 4 is 17.9 Å². The summed E-state index contributed by atoms with van der Waals surface area (Å²) in [6, 6.07) is 0. The van der Waals surface area contributed by atoms with E-state index in [1.165, 1.54) is 0 Å². The Bertz CT molecular complexity index is 296. The van der Waals surface area contributed by atoms with Crippen LogP contribution in [0.2, 0.25) is 0 Å². The number of aliphatic carboxylic acids is 1. The van der Waals surface area contributed by atoms with E-state index < -0.39 is 17.9 Å². The molecule has 6 heteroatoms. The highest BCUT2D eigenvalue weighted by molar-refractivity contribution is 5.81. The third-order valence-corrected chi connectivity index (χ3v) is 1.81. The van der Waals surface area contributed by atoms with Gasteiger partial charge in [-0.2, -0.15) is 0 Å². The first-order chi connectivity index (χ1) is 7.95. The van der Waals surface area contributed by atoms with E-state index in [4.69, 9.17) is 14.6 Å². The largest absolute Gasteiger partial charge is 0.481 e. The number of esters is 2. The first-order valence-corrected chi connectivity index (χ1v) is 5.16. The molecule has 0 aromatic heterocycles. The van der Waals surface area contributed by atoms with Crippen LogP contribution in [0.3, 0.4) is 0 Å². The third-order valence-electron chi connectivity index (χ3n) is 1.81. The standard InChI is InChI=1S/C11H16O6/c1-3-10(14)17-8(2)6-7-16-11(15)5-4-9(12)13/h3,8H,1,4-7H2,2H3,(H,12,13). The van der Waals surface area contributed by atoms with Gasteiger partial charge in [0.2, 0.25) is 0 Å². The molecule has 1 atom stereocenters. The Morgan fingerprint density at radius 1 is 1.35 bits per heavy atom. The van der Waals surface area contributed by atoms with Gasteiger partial charge in [-0.3, -0.25) is 9.59 Å². The normalized spacial score (nSPS) is 11.4. The number of carbonyl (C=O) groups excluding carboxylic acids is 2. The van der Waals surface area contributed by atoms with Gasteiger partial charge in [-0.15, -0.1) is 0 Å². The molecule has 0 bridgehead atoms. The third kappa shape index (κ3) is 9.10. The fraction of sp³-hybridized carbons (Fsp3) is 0.545. The molecule has 0 radical (unpaired) electrons. The molecule has 0 heterocycles. The van der Waals surface area contributed by atoms with Crippen LogP contribution in [0.15, 0.2) is 12.7 Å². The summed E-state index contributed by atoms with van der Waals surface area (Å²) in [6.45, 7) is 4.99. The number of hydrogen-bond acceptors (Lipinski definition) is 5. The fourth-order valence-corrected chi connectivity index (χ4v) is 0.925. The van der Waals surface area contributed by atoms with Gasteiger partial charge in [0.25, 0.3) is 0 Å². The van der Waals surface area contributed by atoms with Crippen LogP contribution in [0.5, 0.6) is 0 Å². The monoisotopic (exact) mass is 244 g/mol. The Kier molecular flexibility index (Phi) is 7.41. The molecule has 0 amide bonds. The maximum Gasteiger partial charge on any atom is 0.330 e. The Morgan fingerprint density at radius 2 is 2.00 bits per heavy atom. The predicted octanol–water partition coefficient (Wildman–Crippen LogP) is 0.902. The quantitative estimate of drug-likeness (QED) is 0.504. The lowest BCUT2D eigenvalue weighted by molar-refractivity contribution is -0.149. The lowest BCUT2D eigenvalue weighted by atomic mass is 10.3. The van der Waals surface area contributed by atoms with Crippen molar-refractivity contribution in [2.45, 2.75) is 32.3 Å². The summed E-state index contributed by atoms with van der Waals surface area (Å²) in [5, 5.41) is 8.33. The highest BCUT2D eigenvalue weighted by atomic mass is 16.6. The van der Waals surface area contributed by atoms with Crippen LogP contribution in [0.4, 0.5) is 0 Å². The first kappa shape index (κ1) is 15.2. The second-order valence-corrected chi connectivity index (χ2v) is 3.35. The van der Waals surface area contributed by atoms with Crippen LogP contribution in [0, 0.1) is 0 Å². The maximum atomic E-state index is 11.0. The molecule has 0 aliphatic rings. The van der Waals surface area contributed by atoms with E-state index in [0.717, 1.165) is 6.08 Å². The molecular formula is C11H16O6. The minimum absolute atomic E-state index is 0.0873. The molecule has 0 aliphatic carbocycles. The summed E-state index contributed by atoms with van der Waals surface area (Å²) in [7, 11) is 0. The average Bonchev–Trinajstić information content (AvgIpc) is 2.26. The van der Waals surface area contributed by atoms with Gasteiger partial charge in [0.15, 0.2) is 0 Å². The summed E-state index contributed by atoms with van der Waals surface area (Å²) in [6.07, 6.45) is 0.622. The van der Waals surface area contributed by atoms with Gasteiger partial charge in [-0.1, -0.05) is 6.58 Å². The zero-order chi connectivity index (χ0) is 13.3. The highest BCUT2D eigenvalue weighted by Crippen LogP contribution is 2.00. The van der Waals surface area contributed by atoms with Crippen molar-refractivity contribution in [2.75, 3.05) is 6.61 Å². The number of carboxylic acids is 1. The second kappa shape index (κ2) is 8.32. The summed E-state index contributed by atoms with van der Waals surface area (Å²) >= 11 is 0. The summed E-state index contributed by atoms with van der Waals surface area (Å²) in [5.41, 5.74) is 0. The first-order valence-electron chi connectivity index (χ1n) is 5.16. The van der Waals surface area contributed by atoms with Crippen LogP contribution >= 0.6 is 0 Å². The summed E-state index contributed by atoms with van der Waals surface area (Å²) < 4.78 is 9.60. The number of ether oxygens (including phenoxy) is 2. The van der Waals surface area contributed by atoms with Gasteiger partial charge in [-0.25, -0.2) is 4.79 Å². The van der Waals surface area contributed by atoms with Crippen LogP contribution in [-0.4, -0.2) is 35.7 Å². The van der Waals surface area contributed by atoms with Gasteiger partial charge in [-0.05, 0) is 6.92 Å². The van der Waals surface area contributed by atoms with E-state index in [-0.39, 0.29) is 25.6 Å². The van der Waals surface area contributed by atoms with Crippen molar-refractivity contribution in [3.05, 3.63) is 12.7 Å². The maximum absolute atomic E-state index is 11.0. The Balaban J connectivity index is 3.61. The molecule has 0 fully saturated rings. The van der Waals surface area contributed by atoms with Gasteiger partial charge in [0, 0.05) is 12.5 Å². The molecule has 0 aromatic carbocycles. The molecule has 0 rings (SSSR count). The average molecular weight is 244 g/mol. The van der Waals surface area contributed by atoms with E-state index in [9.17, 15) is 14.4 Å². The van der Waals surface area contributed by atoms with Gasteiger partial charge < -0.3 is 14.6 Å². The molecule has 96 valence electrons. The van der Waals surface area contributed by atoms with E-state index in [2.05, 4.69) is 6.58 Å². The molecule has 1 unspecified atom stereocenters. The smallest absolute Gasteiger partial charge is 0.330 e. The Hall–Kier alpha value is -1.85. The van der Waals surface area contributed by atoms with Crippen molar-refractivity contribution in [3.63, 3.8) is 0 Å². The fourth-order valence-electron chi connectivity index (χ4n) is 0.925. The molecule has 0 saturated heterocycles. The van der Waals surface area contributed by atoms with Gasteiger partial charge >= 0.3 is 17.9 Å². The van der Waals surface area contributed by atoms with E-state index >= 15 is 0 Å². The molecule has 0 aromatic rings. The molecule has 17 heavy (non-hydrogen) atoms. The van der Waals surface area contributed by atoms with Crippen LogP contribution < -0.4 is 0 Å². The lowest BCUT2D eigenvalue weighted by Crippen LogP contribution is -2.17. The van der Waals surface area contributed by atoms with Crippen molar-refractivity contribution in [1.29, 1.82) is 0 Å². The van der Waals surface area contributed by atoms with E-state index in [1.54, 1.807) is 6.92 Å². The molecule has 0 aliphatic heterocycles. The number of rotatable bonds is 8. The van der Waals surface area contributed by atoms with Crippen LogP contribution in [0.25, 0.3) is 0 Å². The minimum atomic E-state index is -1.05. The van der Waals surface area contributed by atoms with Gasteiger partial charge in [0.05, 0.1) is 19.4 Å². The lowest BCUT2D eigenvalue weighted by Gasteiger charge is -2.11. The second-order valence-electron chi connectivity index (χ2n) is 3.35.